The molecule has 2 heterocycles. The van der Waals surface area contributed by atoms with Crippen molar-refractivity contribution in [2.45, 2.75) is 19.4 Å². The summed E-state index contributed by atoms with van der Waals surface area (Å²) in [6.45, 7) is 2.79. The molecule has 1 amide bonds. The number of carbonyl (C=O) groups excluding carboxylic acids is 1. The third-order valence-electron chi connectivity index (χ3n) is 3.40. The maximum absolute atomic E-state index is 11.5. The number of hydrogen-bond donors (Lipinski definition) is 1. The van der Waals surface area contributed by atoms with Gasteiger partial charge in [0.15, 0.2) is 0 Å². The minimum absolute atomic E-state index is 0.168. The molecule has 0 saturated carbocycles. The average Bonchev–Trinajstić information content (AvgIpc) is 2.39. The summed E-state index contributed by atoms with van der Waals surface area (Å²) >= 11 is 5.86. The van der Waals surface area contributed by atoms with Gasteiger partial charge in [-0.25, -0.2) is 4.98 Å². The van der Waals surface area contributed by atoms with Gasteiger partial charge in [0, 0.05) is 25.7 Å². The van der Waals surface area contributed by atoms with Gasteiger partial charge >= 0.3 is 0 Å². The number of rotatable bonds is 3. The predicted molar refractivity (Wildman–Crippen MR) is 71.3 cm³/mol. The number of nitrogens with zero attached hydrogens (tertiary/aromatic N) is 2. The lowest BCUT2D eigenvalue weighted by Crippen LogP contribution is -2.39. The lowest BCUT2D eigenvalue weighted by atomic mass is 9.96. The SMILES string of the molecule is CNC(=O)C1CCN(Cc2ccnc(Cl)c2)CC1. The lowest BCUT2D eigenvalue weighted by Gasteiger charge is -2.31. The van der Waals surface area contributed by atoms with Crippen LogP contribution in [0.1, 0.15) is 18.4 Å². The fourth-order valence-corrected chi connectivity index (χ4v) is 2.55. The minimum Gasteiger partial charge on any atom is -0.359 e. The second-order valence-corrected chi connectivity index (χ2v) is 5.04. The average molecular weight is 268 g/mol. The van der Waals surface area contributed by atoms with Crippen molar-refractivity contribution in [3.63, 3.8) is 0 Å². The van der Waals surface area contributed by atoms with Crippen molar-refractivity contribution in [2.24, 2.45) is 5.92 Å². The quantitative estimate of drug-likeness (QED) is 0.848. The molecule has 1 saturated heterocycles. The summed E-state index contributed by atoms with van der Waals surface area (Å²) in [5.74, 6) is 0.342. The Bertz CT molecular complexity index is 416. The van der Waals surface area contributed by atoms with Crippen molar-refractivity contribution in [3.05, 3.63) is 29.0 Å². The molecule has 0 aromatic carbocycles. The van der Waals surface area contributed by atoms with E-state index in [0.717, 1.165) is 32.5 Å². The third-order valence-corrected chi connectivity index (χ3v) is 3.61. The maximum atomic E-state index is 11.5. The fraction of sp³-hybridized carbons (Fsp3) is 0.538. The van der Waals surface area contributed by atoms with E-state index in [2.05, 4.69) is 15.2 Å². The van der Waals surface area contributed by atoms with Crippen LogP contribution < -0.4 is 5.32 Å². The van der Waals surface area contributed by atoms with Gasteiger partial charge in [0.1, 0.15) is 5.15 Å². The monoisotopic (exact) mass is 267 g/mol. The highest BCUT2D eigenvalue weighted by molar-refractivity contribution is 6.29. The van der Waals surface area contributed by atoms with Gasteiger partial charge in [-0.3, -0.25) is 9.69 Å². The number of likely N-dealkylation sites (tertiary alicyclic amines) is 1. The van der Waals surface area contributed by atoms with Crippen LogP contribution in [0.3, 0.4) is 0 Å². The highest BCUT2D eigenvalue weighted by Gasteiger charge is 2.23. The normalized spacial score (nSPS) is 17.7. The Labute approximate surface area is 112 Å². The molecule has 0 spiro atoms. The number of pyridine rings is 1. The number of amides is 1. The summed E-state index contributed by atoms with van der Waals surface area (Å²) in [5.41, 5.74) is 1.17. The van der Waals surface area contributed by atoms with Gasteiger partial charge in [-0.1, -0.05) is 11.6 Å². The van der Waals surface area contributed by atoms with E-state index in [0.29, 0.717) is 5.15 Å². The van der Waals surface area contributed by atoms with Gasteiger partial charge in [-0.15, -0.1) is 0 Å². The third kappa shape index (κ3) is 3.43. The number of piperidine rings is 1. The Kier molecular flexibility index (Phi) is 4.55. The van der Waals surface area contributed by atoms with Gasteiger partial charge < -0.3 is 5.32 Å². The summed E-state index contributed by atoms with van der Waals surface area (Å²) < 4.78 is 0. The highest BCUT2D eigenvalue weighted by atomic mass is 35.5. The van der Waals surface area contributed by atoms with Crippen molar-refractivity contribution >= 4 is 17.5 Å². The van der Waals surface area contributed by atoms with Crippen LogP contribution >= 0.6 is 11.6 Å². The zero-order valence-electron chi connectivity index (χ0n) is 10.5. The number of carbonyl (C=O) groups is 1. The second kappa shape index (κ2) is 6.16. The summed E-state index contributed by atoms with van der Waals surface area (Å²) in [6, 6.07) is 3.88. The van der Waals surface area contributed by atoms with Gasteiger partial charge in [-0.2, -0.15) is 0 Å². The molecule has 0 radical (unpaired) electrons. The van der Waals surface area contributed by atoms with Crippen LogP contribution in [0, 0.1) is 5.92 Å². The van der Waals surface area contributed by atoms with Crippen LogP contribution in [0.25, 0.3) is 0 Å². The Morgan fingerprint density at radius 2 is 2.28 bits per heavy atom. The minimum atomic E-state index is 0.168. The van der Waals surface area contributed by atoms with E-state index in [-0.39, 0.29) is 11.8 Å². The number of aromatic nitrogens is 1. The predicted octanol–water partition coefficient (Wildman–Crippen LogP) is 1.69. The summed E-state index contributed by atoms with van der Waals surface area (Å²) in [5, 5.41) is 3.26. The van der Waals surface area contributed by atoms with E-state index in [1.807, 2.05) is 12.1 Å². The van der Waals surface area contributed by atoms with Crippen LogP contribution in [-0.4, -0.2) is 35.9 Å². The highest BCUT2D eigenvalue weighted by Crippen LogP contribution is 2.19. The Balaban J connectivity index is 1.85. The molecule has 0 unspecified atom stereocenters. The molecular weight excluding hydrogens is 250 g/mol. The topological polar surface area (TPSA) is 45.2 Å². The molecule has 0 atom stereocenters. The van der Waals surface area contributed by atoms with Gasteiger partial charge in [0.05, 0.1) is 0 Å². The van der Waals surface area contributed by atoms with E-state index in [1.54, 1.807) is 13.2 Å². The number of halogens is 1. The second-order valence-electron chi connectivity index (χ2n) is 4.65. The number of nitrogens with one attached hydrogen (secondary N) is 1. The summed E-state index contributed by atoms with van der Waals surface area (Å²) in [7, 11) is 1.70. The first-order valence-electron chi connectivity index (χ1n) is 6.23. The molecule has 1 N–H and O–H groups in total. The smallest absolute Gasteiger partial charge is 0.222 e. The van der Waals surface area contributed by atoms with E-state index in [9.17, 15) is 4.79 Å². The molecule has 1 aromatic rings. The lowest BCUT2D eigenvalue weighted by molar-refractivity contribution is -0.125. The largest absolute Gasteiger partial charge is 0.359 e. The molecule has 0 bridgehead atoms. The molecule has 2 rings (SSSR count). The number of hydrogen-bond acceptors (Lipinski definition) is 3. The van der Waals surface area contributed by atoms with Crippen molar-refractivity contribution in [1.29, 1.82) is 0 Å². The zero-order valence-corrected chi connectivity index (χ0v) is 11.3. The molecule has 1 aromatic heterocycles. The van der Waals surface area contributed by atoms with Crippen molar-refractivity contribution < 1.29 is 4.79 Å². The van der Waals surface area contributed by atoms with E-state index < -0.39 is 0 Å². The van der Waals surface area contributed by atoms with Crippen LogP contribution in [0.2, 0.25) is 5.15 Å². The standard InChI is InChI=1S/C13H18ClN3O/c1-15-13(18)11-3-6-17(7-4-11)9-10-2-5-16-12(14)8-10/h2,5,8,11H,3-4,6-7,9H2,1H3,(H,15,18). The Hall–Kier alpha value is -1.13. The molecule has 4 nitrogen and oxygen atoms in total. The summed E-state index contributed by atoms with van der Waals surface area (Å²) in [4.78, 5) is 17.8. The first-order valence-corrected chi connectivity index (χ1v) is 6.61. The van der Waals surface area contributed by atoms with E-state index >= 15 is 0 Å². The fourth-order valence-electron chi connectivity index (χ4n) is 2.36. The zero-order chi connectivity index (χ0) is 13.0. The van der Waals surface area contributed by atoms with Gasteiger partial charge in [0.2, 0.25) is 5.91 Å². The van der Waals surface area contributed by atoms with E-state index in [4.69, 9.17) is 11.6 Å². The van der Waals surface area contributed by atoms with Crippen molar-refractivity contribution in [1.82, 2.24) is 15.2 Å². The maximum Gasteiger partial charge on any atom is 0.222 e. The molecule has 1 aliphatic rings. The van der Waals surface area contributed by atoms with Gasteiger partial charge in [-0.05, 0) is 43.6 Å². The van der Waals surface area contributed by atoms with E-state index in [1.165, 1.54) is 5.56 Å². The molecule has 1 fully saturated rings. The van der Waals surface area contributed by atoms with Crippen LogP contribution in [0.5, 0.6) is 0 Å². The molecule has 18 heavy (non-hydrogen) atoms. The molecule has 5 heteroatoms. The molecule has 98 valence electrons. The van der Waals surface area contributed by atoms with Crippen LogP contribution in [-0.2, 0) is 11.3 Å². The molecule has 0 aliphatic carbocycles. The first-order chi connectivity index (χ1) is 8.69. The Morgan fingerprint density at radius 3 is 2.89 bits per heavy atom. The molecular formula is C13H18ClN3O. The Morgan fingerprint density at radius 1 is 1.56 bits per heavy atom. The van der Waals surface area contributed by atoms with Crippen LogP contribution in [0.15, 0.2) is 18.3 Å². The first kappa shape index (κ1) is 13.3. The van der Waals surface area contributed by atoms with Gasteiger partial charge in [0.25, 0.3) is 0 Å². The van der Waals surface area contributed by atoms with Crippen molar-refractivity contribution in [3.8, 4) is 0 Å². The molecule has 1 aliphatic heterocycles. The summed E-state index contributed by atoms with van der Waals surface area (Å²) in [6.07, 6.45) is 3.59. The van der Waals surface area contributed by atoms with Crippen LogP contribution in [0.4, 0.5) is 0 Å². The van der Waals surface area contributed by atoms with Crippen molar-refractivity contribution in [2.75, 3.05) is 20.1 Å².